The van der Waals surface area contributed by atoms with Crippen molar-refractivity contribution in [2.45, 2.75) is 12.8 Å². The minimum Gasteiger partial charge on any atom is -0.450 e. The number of hydrogen-bond acceptors (Lipinski definition) is 4. The molecule has 0 aromatic rings. The molecule has 7 heteroatoms. The van der Waals surface area contributed by atoms with Crippen LogP contribution in [0.2, 0.25) is 0 Å². The highest BCUT2D eigenvalue weighted by atomic mass is 16.7. The quantitative estimate of drug-likeness (QED) is 0.462. The van der Waals surface area contributed by atoms with Crippen molar-refractivity contribution in [2.24, 2.45) is 0 Å². The fourth-order valence-electron chi connectivity index (χ4n) is 1.42. The van der Waals surface area contributed by atoms with Gasteiger partial charge in [0, 0.05) is 5.70 Å². The number of allylic oxidation sites excluding steroid dienone is 3. The lowest BCUT2D eigenvalue weighted by Gasteiger charge is -2.15. The molecular weight excluding hydrogens is 240 g/mol. The van der Waals surface area contributed by atoms with Gasteiger partial charge in [-0.15, -0.1) is 0 Å². The number of ether oxygens (including phenoxy) is 1. The van der Waals surface area contributed by atoms with Crippen LogP contribution >= 0.6 is 0 Å². The fraction of sp³-hybridized carbons (Fsp3) is 0.364. The van der Waals surface area contributed by atoms with Crippen molar-refractivity contribution < 1.29 is 24.2 Å². The fourth-order valence-corrected chi connectivity index (χ4v) is 1.42. The summed E-state index contributed by atoms with van der Waals surface area (Å²) >= 11 is 0. The van der Waals surface area contributed by atoms with Crippen molar-refractivity contribution in [2.75, 3.05) is 13.2 Å². The predicted octanol–water partition coefficient (Wildman–Crippen LogP) is 0.147. The van der Waals surface area contributed by atoms with Crippen LogP contribution in [0.15, 0.2) is 23.4 Å². The lowest BCUT2D eigenvalue weighted by Crippen LogP contribution is -2.33. The van der Waals surface area contributed by atoms with E-state index in [1.165, 1.54) is 0 Å². The van der Waals surface area contributed by atoms with E-state index in [0.717, 1.165) is 11.3 Å². The minimum atomic E-state index is -1.31. The van der Waals surface area contributed by atoms with Crippen LogP contribution in [0.25, 0.3) is 0 Å². The zero-order chi connectivity index (χ0) is 13.4. The molecule has 0 aromatic heterocycles. The van der Waals surface area contributed by atoms with Gasteiger partial charge in [0.2, 0.25) is 12.3 Å². The molecule has 0 unspecified atom stereocenters. The largest absolute Gasteiger partial charge is 0.506 e. The number of rotatable bonds is 6. The van der Waals surface area contributed by atoms with Crippen LogP contribution < -0.4 is 10.6 Å². The first-order valence-electron chi connectivity index (χ1n) is 5.33. The highest BCUT2D eigenvalue weighted by molar-refractivity contribution is 5.81. The van der Waals surface area contributed by atoms with Crippen molar-refractivity contribution in [3.63, 3.8) is 0 Å². The summed E-state index contributed by atoms with van der Waals surface area (Å²) in [4.78, 5) is 31.5. The monoisotopic (exact) mass is 254 g/mol. The van der Waals surface area contributed by atoms with Gasteiger partial charge in [-0.2, -0.15) is 0 Å². The van der Waals surface area contributed by atoms with Gasteiger partial charge in [0.05, 0.1) is 6.54 Å². The Morgan fingerprint density at radius 1 is 1.39 bits per heavy atom. The summed E-state index contributed by atoms with van der Waals surface area (Å²) in [5.74, 6) is -0.299. The maximum absolute atomic E-state index is 11.3. The number of hydrogen-bond donors (Lipinski definition) is 3. The Hall–Kier alpha value is -2.31. The lowest BCUT2D eigenvalue weighted by atomic mass is 10.0. The molecule has 7 nitrogen and oxygen atoms in total. The van der Waals surface area contributed by atoms with Crippen LogP contribution in [0.5, 0.6) is 0 Å². The predicted molar refractivity (Wildman–Crippen MR) is 61.6 cm³/mol. The van der Waals surface area contributed by atoms with Gasteiger partial charge in [-0.05, 0) is 24.5 Å². The summed E-state index contributed by atoms with van der Waals surface area (Å²) in [7, 11) is 0. The van der Waals surface area contributed by atoms with E-state index in [1.807, 2.05) is 0 Å². The van der Waals surface area contributed by atoms with E-state index in [1.54, 1.807) is 12.2 Å². The van der Waals surface area contributed by atoms with Crippen molar-refractivity contribution in [3.8, 4) is 0 Å². The molecule has 18 heavy (non-hydrogen) atoms. The molecule has 1 rings (SSSR count). The number of amides is 2. The van der Waals surface area contributed by atoms with E-state index in [-0.39, 0.29) is 19.1 Å². The zero-order valence-electron chi connectivity index (χ0n) is 9.64. The van der Waals surface area contributed by atoms with Crippen LogP contribution in [0, 0.1) is 0 Å². The molecule has 0 heterocycles. The van der Waals surface area contributed by atoms with E-state index in [2.05, 4.69) is 15.4 Å². The lowest BCUT2D eigenvalue weighted by molar-refractivity contribution is -0.121. The second-order valence-electron chi connectivity index (χ2n) is 3.62. The van der Waals surface area contributed by atoms with E-state index >= 15 is 0 Å². The SMILES string of the molecule is O=CNCC(=O)NC1=CC=C(COC(=O)O)CC1. The van der Waals surface area contributed by atoms with Crippen LogP contribution in [0.3, 0.4) is 0 Å². The molecule has 98 valence electrons. The molecule has 0 fully saturated rings. The first-order valence-corrected chi connectivity index (χ1v) is 5.33. The highest BCUT2D eigenvalue weighted by Gasteiger charge is 2.10. The minimum absolute atomic E-state index is 0.0414. The van der Waals surface area contributed by atoms with Gasteiger partial charge in [0.25, 0.3) is 0 Å². The number of carboxylic acid groups (broad SMARTS) is 1. The van der Waals surface area contributed by atoms with Crippen molar-refractivity contribution in [1.82, 2.24) is 10.6 Å². The molecule has 2 amide bonds. The first kappa shape index (κ1) is 13.8. The second kappa shape index (κ2) is 7.10. The van der Waals surface area contributed by atoms with Crippen molar-refractivity contribution in [3.05, 3.63) is 23.4 Å². The molecule has 0 atom stereocenters. The van der Waals surface area contributed by atoms with Gasteiger partial charge < -0.3 is 20.5 Å². The molecule has 0 aromatic carbocycles. The molecule has 0 radical (unpaired) electrons. The Labute approximate surface area is 103 Å². The third kappa shape index (κ3) is 5.15. The second-order valence-corrected chi connectivity index (χ2v) is 3.62. The zero-order valence-corrected chi connectivity index (χ0v) is 9.64. The maximum atomic E-state index is 11.3. The van der Waals surface area contributed by atoms with Gasteiger partial charge in [0.1, 0.15) is 6.61 Å². The highest BCUT2D eigenvalue weighted by Crippen LogP contribution is 2.16. The van der Waals surface area contributed by atoms with Crippen LogP contribution in [-0.2, 0) is 14.3 Å². The molecule has 0 spiro atoms. The molecule has 0 saturated heterocycles. The van der Waals surface area contributed by atoms with Crippen LogP contribution in [0.4, 0.5) is 4.79 Å². The average molecular weight is 254 g/mol. The van der Waals surface area contributed by atoms with E-state index in [4.69, 9.17) is 5.11 Å². The average Bonchev–Trinajstić information content (AvgIpc) is 2.35. The smallest absolute Gasteiger partial charge is 0.450 e. The van der Waals surface area contributed by atoms with Gasteiger partial charge in [-0.3, -0.25) is 9.59 Å². The molecule has 0 saturated carbocycles. The molecule has 1 aliphatic rings. The van der Waals surface area contributed by atoms with E-state index < -0.39 is 6.16 Å². The van der Waals surface area contributed by atoms with Crippen molar-refractivity contribution in [1.29, 1.82) is 0 Å². The van der Waals surface area contributed by atoms with Crippen molar-refractivity contribution >= 4 is 18.5 Å². The van der Waals surface area contributed by atoms with Crippen LogP contribution in [0.1, 0.15) is 12.8 Å². The number of carbonyl (C=O) groups is 3. The molecule has 0 bridgehead atoms. The molecular formula is C11H14N2O5. The molecule has 1 aliphatic carbocycles. The van der Waals surface area contributed by atoms with Gasteiger partial charge in [-0.25, -0.2) is 4.79 Å². The van der Waals surface area contributed by atoms with Gasteiger partial charge in [0.15, 0.2) is 0 Å². The molecule has 3 N–H and O–H groups in total. The Bertz CT molecular complexity index is 400. The normalized spacial score (nSPS) is 14.0. The number of carbonyl (C=O) groups excluding carboxylic acids is 2. The summed E-state index contributed by atoms with van der Waals surface area (Å²) in [6, 6.07) is 0. The maximum Gasteiger partial charge on any atom is 0.506 e. The van der Waals surface area contributed by atoms with Gasteiger partial charge >= 0.3 is 6.16 Å². The summed E-state index contributed by atoms with van der Waals surface area (Å²) in [6.45, 7) is -0.0285. The Kier molecular flexibility index (Phi) is 5.43. The van der Waals surface area contributed by atoms with Gasteiger partial charge in [-0.1, -0.05) is 6.08 Å². The third-order valence-corrected chi connectivity index (χ3v) is 2.26. The standard InChI is InChI=1S/C11H14N2O5/c14-7-12-5-10(15)13-9-3-1-8(2-4-9)6-18-11(16)17/h1,3,7H,2,4-6H2,(H,12,14)(H,13,15)(H,16,17). The number of nitrogens with one attached hydrogen (secondary N) is 2. The third-order valence-electron chi connectivity index (χ3n) is 2.26. The van der Waals surface area contributed by atoms with E-state index in [0.29, 0.717) is 19.3 Å². The summed E-state index contributed by atoms with van der Waals surface area (Å²) < 4.78 is 4.43. The summed E-state index contributed by atoms with van der Waals surface area (Å²) in [6.07, 6.45) is 3.79. The Balaban J connectivity index is 2.39. The summed E-state index contributed by atoms with van der Waals surface area (Å²) in [5.41, 5.74) is 1.58. The topological polar surface area (TPSA) is 105 Å². The summed E-state index contributed by atoms with van der Waals surface area (Å²) in [5, 5.41) is 13.2. The van der Waals surface area contributed by atoms with E-state index in [9.17, 15) is 14.4 Å². The Morgan fingerprint density at radius 3 is 2.72 bits per heavy atom. The van der Waals surface area contributed by atoms with Crippen LogP contribution in [-0.4, -0.2) is 36.7 Å². The Morgan fingerprint density at radius 2 is 2.17 bits per heavy atom. The first-order chi connectivity index (χ1) is 8.61. The molecule has 0 aliphatic heterocycles.